The Labute approximate surface area is 119 Å². The van der Waals surface area contributed by atoms with Crippen LogP contribution in [0.15, 0.2) is 22.5 Å². The van der Waals surface area contributed by atoms with Crippen LogP contribution in [0, 0.1) is 13.8 Å². The summed E-state index contributed by atoms with van der Waals surface area (Å²) in [6.07, 6.45) is 1.58. The number of hydrogen-bond donors (Lipinski definition) is 2. The van der Waals surface area contributed by atoms with Crippen molar-refractivity contribution in [1.82, 2.24) is 9.97 Å². The number of pyridine rings is 1. The van der Waals surface area contributed by atoms with Gasteiger partial charge in [0.25, 0.3) is 5.91 Å². The Hall–Kier alpha value is -1.84. The van der Waals surface area contributed by atoms with Gasteiger partial charge in [-0.1, -0.05) is 11.3 Å². The second kappa shape index (κ2) is 5.27. The zero-order valence-electron chi connectivity index (χ0n) is 10.7. The van der Waals surface area contributed by atoms with Crippen molar-refractivity contribution < 1.29 is 13.2 Å². The zero-order chi connectivity index (χ0) is 14.9. The summed E-state index contributed by atoms with van der Waals surface area (Å²) in [5.74, 6) is -0.398. The van der Waals surface area contributed by atoms with Gasteiger partial charge in [0.15, 0.2) is 9.34 Å². The lowest BCUT2D eigenvalue weighted by molar-refractivity contribution is 0.102. The van der Waals surface area contributed by atoms with Gasteiger partial charge in [-0.2, -0.15) is 0 Å². The van der Waals surface area contributed by atoms with E-state index in [-0.39, 0.29) is 15.0 Å². The molecule has 0 radical (unpaired) electrons. The molecule has 2 aromatic rings. The minimum Gasteiger partial charge on any atom is -0.298 e. The first kappa shape index (κ1) is 14.6. The first-order valence-corrected chi connectivity index (χ1v) is 7.88. The third-order valence-corrected chi connectivity index (χ3v) is 5.11. The zero-order valence-corrected chi connectivity index (χ0v) is 12.4. The van der Waals surface area contributed by atoms with Crippen LogP contribution >= 0.6 is 11.3 Å². The number of nitrogens with two attached hydrogens (primary N) is 1. The monoisotopic (exact) mass is 312 g/mol. The molecule has 0 fully saturated rings. The lowest BCUT2D eigenvalue weighted by Crippen LogP contribution is -2.13. The summed E-state index contributed by atoms with van der Waals surface area (Å²) in [6.45, 7) is 3.22. The molecule has 0 saturated heterocycles. The van der Waals surface area contributed by atoms with Gasteiger partial charge in [0.2, 0.25) is 10.0 Å². The highest BCUT2D eigenvalue weighted by Gasteiger charge is 2.19. The van der Waals surface area contributed by atoms with E-state index in [2.05, 4.69) is 15.3 Å². The molecular formula is C11H12N4O3S2. The fourth-order valence-corrected chi connectivity index (χ4v) is 3.44. The molecule has 0 aliphatic heterocycles. The van der Waals surface area contributed by atoms with Crippen molar-refractivity contribution in [3.8, 4) is 0 Å². The molecule has 1 amide bonds. The summed E-state index contributed by atoms with van der Waals surface area (Å²) >= 11 is 0.819. The fraction of sp³-hybridized carbons (Fsp3) is 0.182. The number of aromatic nitrogens is 2. The molecule has 3 N–H and O–H groups in total. The number of amides is 1. The van der Waals surface area contributed by atoms with E-state index >= 15 is 0 Å². The first-order chi connectivity index (χ1) is 9.29. The summed E-state index contributed by atoms with van der Waals surface area (Å²) in [7, 11) is -3.83. The van der Waals surface area contributed by atoms with E-state index < -0.39 is 15.9 Å². The second-order valence-corrected chi connectivity index (χ2v) is 6.78. The van der Waals surface area contributed by atoms with Gasteiger partial charge < -0.3 is 0 Å². The Bertz CT molecular complexity index is 768. The first-order valence-electron chi connectivity index (χ1n) is 5.52. The van der Waals surface area contributed by atoms with Crippen LogP contribution in [-0.4, -0.2) is 24.3 Å². The molecule has 0 spiro atoms. The van der Waals surface area contributed by atoms with Crippen molar-refractivity contribution >= 4 is 32.4 Å². The minimum atomic E-state index is -3.83. The summed E-state index contributed by atoms with van der Waals surface area (Å²) in [5, 5.41) is 7.78. The van der Waals surface area contributed by atoms with Gasteiger partial charge in [0, 0.05) is 11.9 Å². The van der Waals surface area contributed by atoms with Crippen molar-refractivity contribution in [3.05, 3.63) is 35.3 Å². The van der Waals surface area contributed by atoms with Crippen LogP contribution in [0.3, 0.4) is 0 Å². The molecule has 0 aliphatic rings. The maximum Gasteiger partial charge on any atom is 0.259 e. The SMILES string of the molecule is Cc1ncccc1C(=O)Nc1nc(C)c(S(N)(=O)=O)s1. The molecule has 9 heteroatoms. The standard InChI is InChI=1S/C11H12N4O3S2/c1-6-8(4-3-5-13-6)9(16)15-11-14-7(2)10(19-11)20(12,17)18/h3-5H,1-2H3,(H2,12,17,18)(H,14,15,16). The average Bonchev–Trinajstić information content (AvgIpc) is 2.70. The van der Waals surface area contributed by atoms with Gasteiger partial charge in [-0.05, 0) is 26.0 Å². The molecular weight excluding hydrogens is 300 g/mol. The van der Waals surface area contributed by atoms with Crippen LogP contribution in [0.4, 0.5) is 5.13 Å². The van der Waals surface area contributed by atoms with E-state index in [1.165, 1.54) is 6.92 Å². The van der Waals surface area contributed by atoms with E-state index in [1.54, 1.807) is 25.3 Å². The van der Waals surface area contributed by atoms with E-state index in [1.807, 2.05) is 0 Å². The van der Waals surface area contributed by atoms with Crippen molar-refractivity contribution in [2.24, 2.45) is 5.14 Å². The smallest absolute Gasteiger partial charge is 0.259 e. The normalized spacial score (nSPS) is 11.3. The Morgan fingerprint density at radius 3 is 2.60 bits per heavy atom. The Balaban J connectivity index is 2.28. The second-order valence-electron chi connectivity index (χ2n) is 4.03. The number of carbonyl (C=O) groups excluding carboxylic acids is 1. The van der Waals surface area contributed by atoms with E-state index in [0.29, 0.717) is 11.3 Å². The third kappa shape index (κ3) is 3.00. The minimum absolute atomic E-state index is 0.0595. The largest absolute Gasteiger partial charge is 0.298 e. The Morgan fingerprint density at radius 1 is 1.35 bits per heavy atom. The third-order valence-electron chi connectivity index (χ3n) is 2.48. The summed E-state index contributed by atoms with van der Waals surface area (Å²) in [6, 6.07) is 3.27. The van der Waals surface area contributed by atoms with Gasteiger partial charge in [-0.3, -0.25) is 15.1 Å². The number of thiazole rings is 1. The number of sulfonamides is 1. The molecule has 2 aromatic heterocycles. The maximum atomic E-state index is 12.0. The highest BCUT2D eigenvalue weighted by molar-refractivity contribution is 7.91. The number of rotatable bonds is 3. The lowest BCUT2D eigenvalue weighted by atomic mass is 10.2. The lowest BCUT2D eigenvalue weighted by Gasteiger charge is -2.03. The van der Waals surface area contributed by atoms with Crippen LogP contribution in [0.1, 0.15) is 21.7 Å². The van der Waals surface area contributed by atoms with Gasteiger partial charge >= 0.3 is 0 Å². The van der Waals surface area contributed by atoms with Gasteiger partial charge in [0.1, 0.15) is 0 Å². The number of carbonyl (C=O) groups is 1. The summed E-state index contributed by atoms with van der Waals surface area (Å²) in [4.78, 5) is 20.0. The van der Waals surface area contributed by atoms with Gasteiger partial charge in [-0.25, -0.2) is 18.5 Å². The number of nitrogens with one attached hydrogen (secondary N) is 1. The number of primary sulfonamides is 1. The highest BCUT2D eigenvalue weighted by atomic mass is 32.2. The topological polar surface area (TPSA) is 115 Å². The Kier molecular flexibility index (Phi) is 3.84. The molecule has 20 heavy (non-hydrogen) atoms. The van der Waals surface area contributed by atoms with Crippen LogP contribution in [0.5, 0.6) is 0 Å². The van der Waals surface area contributed by atoms with E-state index in [0.717, 1.165) is 11.3 Å². The van der Waals surface area contributed by atoms with E-state index in [4.69, 9.17) is 5.14 Å². The highest BCUT2D eigenvalue weighted by Crippen LogP contribution is 2.26. The van der Waals surface area contributed by atoms with Gasteiger partial charge in [-0.15, -0.1) is 0 Å². The molecule has 0 unspecified atom stereocenters. The molecule has 0 bridgehead atoms. The Morgan fingerprint density at radius 2 is 2.05 bits per heavy atom. The number of aryl methyl sites for hydroxylation is 2. The quantitative estimate of drug-likeness (QED) is 0.879. The van der Waals surface area contributed by atoms with Crippen molar-refractivity contribution in [2.75, 3.05) is 5.32 Å². The summed E-state index contributed by atoms with van der Waals surface area (Å²) < 4.78 is 22.5. The van der Waals surface area contributed by atoms with Crippen molar-refractivity contribution in [3.63, 3.8) is 0 Å². The number of anilines is 1. The molecule has 0 aromatic carbocycles. The van der Waals surface area contributed by atoms with Gasteiger partial charge in [0.05, 0.1) is 11.3 Å². The van der Waals surface area contributed by atoms with Crippen LogP contribution in [0.25, 0.3) is 0 Å². The molecule has 2 heterocycles. The summed E-state index contributed by atoms with van der Waals surface area (Å²) in [5.41, 5.74) is 1.23. The fourth-order valence-electron chi connectivity index (χ4n) is 1.59. The maximum absolute atomic E-state index is 12.0. The molecule has 0 atom stereocenters. The molecule has 0 saturated carbocycles. The van der Waals surface area contributed by atoms with Crippen molar-refractivity contribution in [2.45, 2.75) is 18.1 Å². The molecule has 106 valence electrons. The number of nitrogens with zero attached hydrogens (tertiary/aromatic N) is 2. The van der Waals surface area contributed by atoms with Crippen LogP contribution in [0.2, 0.25) is 0 Å². The predicted molar refractivity (Wildman–Crippen MR) is 75.2 cm³/mol. The van der Waals surface area contributed by atoms with Crippen LogP contribution in [-0.2, 0) is 10.0 Å². The van der Waals surface area contributed by atoms with E-state index in [9.17, 15) is 13.2 Å². The number of hydrogen-bond acceptors (Lipinski definition) is 6. The molecule has 0 aliphatic carbocycles. The molecule has 7 nitrogen and oxygen atoms in total. The predicted octanol–water partition coefficient (Wildman–Crippen LogP) is 1.05. The van der Waals surface area contributed by atoms with Crippen molar-refractivity contribution in [1.29, 1.82) is 0 Å². The van der Waals surface area contributed by atoms with Crippen LogP contribution < -0.4 is 10.5 Å². The molecule has 2 rings (SSSR count). The average molecular weight is 312 g/mol.